The summed E-state index contributed by atoms with van der Waals surface area (Å²) < 4.78 is 20.5. The minimum atomic E-state index is -0.931. The number of thioether (sulfide) groups is 1. The highest BCUT2D eigenvalue weighted by Crippen LogP contribution is 2.36. The maximum absolute atomic E-state index is 13.2. The van der Waals surface area contributed by atoms with Gasteiger partial charge in [-0.15, -0.1) is 10.2 Å². The molecule has 0 radical (unpaired) electrons. The molecule has 2 aliphatic heterocycles. The van der Waals surface area contributed by atoms with Crippen molar-refractivity contribution >= 4 is 23.4 Å². The maximum Gasteiger partial charge on any atom is 0.304 e. The third kappa shape index (κ3) is 3.16. The van der Waals surface area contributed by atoms with Crippen LogP contribution in [0.25, 0.3) is 0 Å². The van der Waals surface area contributed by atoms with Gasteiger partial charge in [-0.1, -0.05) is 23.9 Å². The fourth-order valence-electron chi connectivity index (χ4n) is 2.94. The van der Waals surface area contributed by atoms with E-state index in [0.717, 1.165) is 12.8 Å². The molecule has 2 atom stereocenters. The Labute approximate surface area is 146 Å². The van der Waals surface area contributed by atoms with Crippen molar-refractivity contribution in [2.24, 2.45) is 5.10 Å². The standard InChI is InChI=1S/C16H15FN4O3S/c17-10-5-3-9(4-6-10)14-12(8-13(22)23)25-16-19-18-15(21(16)20-14)11-2-1-7-24-11/h3-6,11-12H,1-2,7-8H2,(H,22,23)/t11-,12-/m1/s1. The molecular weight excluding hydrogens is 347 g/mol. The Morgan fingerprint density at radius 3 is 2.84 bits per heavy atom. The molecule has 1 aromatic heterocycles. The summed E-state index contributed by atoms with van der Waals surface area (Å²) in [5, 5.41) is 22.3. The Balaban J connectivity index is 1.76. The molecular formula is C16H15FN4O3S. The van der Waals surface area contributed by atoms with Crippen LogP contribution in [-0.2, 0) is 9.53 Å². The van der Waals surface area contributed by atoms with E-state index in [4.69, 9.17) is 4.74 Å². The summed E-state index contributed by atoms with van der Waals surface area (Å²) in [7, 11) is 0. The first-order valence-corrected chi connectivity index (χ1v) is 8.80. The van der Waals surface area contributed by atoms with Gasteiger partial charge in [-0.2, -0.15) is 9.78 Å². The quantitative estimate of drug-likeness (QED) is 0.899. The molecule has 3 heterocycles. The van der Waals surface area contributed by atoms with Gasteiger partial charge in [0.15, 0.2) is 5.82 Å². The summed E-state index contributed by atoms with van der Waals surface area (Å²) in [5.41, 5.74) is 1.25. The molecule has 0 amide bonds. The number of aliphatic carboxylic acids is 1. The van der Waals surface area contributed by atoms with Crippen molar-refractivity contribution in [3.63, 3.8) is 0 Å². The fraction of sp³-hybridized carbons (Fsp3) is 0.375. The molecule has 1 fully saturated rings. The van der Waals surface area contributed by atoms with E-state index in [1.165, 1.54) is 23.9 Å². The summed E-state index contributed by atoms with van der Waals surface area (Å²) in [6.45, 7) is 0.677. The Hall–Kier alpha value is -2.26. The lowest BCUT2D eigenvalue weighted by Crippen LogP contribution is -2.27. The lowest BCUT2D eigenvalue weighted by Gasteiger charge is -2.22. The average molecular weight is 362 g/mol. The van der Waals surface area contributed by atoms with Crippen molar-refractivity contribution in [2.75, 3.05) is 6.61 Å². The van der Waals surface area contributed by atoms with E-state index < -0.39 is 11.2 Å². The SMILES string of the molecule is O=C(O)C[C@H]1Sc2nnc([C@H]3CCCO3)n2N=C1c1ccc(F)cc1. The van der Waals surface area contributed by atoms with Gasteiger partial charge in [0, 0.05) is 6.61 Å². The number of carboxylic acids is 1. The van der Waals surface area contributed by atoms with Gasteiger partial charge in [0.25, 0.3) is 0 Å². The van der Waals surface area contributed by atoms with Gasteiger partial charge in [0.2, 0.25) is 5.16 Å². The van der Waals surface area contributed by atoms with Crippen molar-refractivity contribution in [3.8, 4) is 0 Å². The number of aromatic nitrogens is 3. The molecule has 2 aromatic rings. The van der Waals surface area contributed by atoms with E-state index in [9.17, 15) is 14.3 Å². The molecule has 7 nitrogen and oxygen atoms in total. The van der Waals surface area contributed by atoms with Crippen molar-refractivity contribution in [1.29, 1.82) is 0 Å². The lowest BCUT2D eigenvalue weighted by atomic mass is 10.1. The number of hydrogen-bond acceptors (Lipinski definition) is 6. The molecule has 0 spiro atoms. The highest BCUT2D eigenvalue weighted by molar-refractivity contribution is 8.00. The highest BCUT2D eigenvalue weighted by Gasteiger charge is 2.33. The second-order valence-electron chi connectivity index (χ2n) is 5.85. The smallest absolute Gasteiger partial charge is 0.304 e. The van der Waals surface area contributed by atoms with Gasteiger partial charge in [0.05, 0.1) is 17.4 Å². The molecule has 9 heteroatoms. The highest BCUT2D eigenvalue weighted by atomic mass is 32.2. The fourth-order valence-corrected chi connectivity index (χ4v) is 4.04. The van der Waals surface area contributed by atoms with Crippen LogP contribution in [0.5, 0.6) is 0 Å². The third-order valence-electron chi connectivity index (χ3n) is 4.11. The molecule has 1 N–H and O–H groups in total. The van der Waals surface area contributed by atoms with E-state index in [-0.39, 0.29) is 18.3 Å². The lowest BCUT2D eigenvalue weighted by molar-refractivity contribution is -0.136. The summed E-state index contributed by atoms with van der Waals surface area (Å²) >= 11 is 1.30. The predicted molar refractivity (Wildman–Crippen MR) is 88.2 cm³/mol. The molecule has 1 aromatic carbocycles. The first-order valence-electron chi connectivity index (χ1n) is 7.92. The number of carbonyl (C=O) groups is 1. The van der Waals surface area contributed by atoms with E-state index in [1.807, 2.05) is 0 Å². The summed E-state index contributed by atoms with van der Waals surface area (Å²) in [6.07, 6.45) is 1.54. The summed E-state index contributed by atoms with van der Waals surface area (Å²) in [5.74, 6) is -0.666. The summed E-state index contributed by atoms with van der Waals surface area (Å²) in [4.78, 5) is 11.2. The molecule has 25 heavy (non-hydrogen) atoms. The normalized spacial score (nSPS) is 22.5. The third-order valence-corrected chi connectivity index (χ3v) is 5.25. The number of carboxylic acid groups (broad SMARTS) is 1. The monoisotopic (exact) mass is 362 g/mol. The van der Waals surface area contributed by atoms with Crippen molar-refractivity contribution in [1.82, 2.24) is 14.9 Å². The number of rotatable bonds is 4. The van der Waals surface area contributed by atoms with Crippen molar-refractivity contribution < 1.29 is 19.0 Å². The zero-order valence-electron chi connectivity index (χ0n) is 13.1. The molecule has 0 aliphatic carbocycles. The first kappa shape index (κ1) is 16.2. The number of hydrogen-bond donors (Lipinski definition) is 1. The van der Waals surface area contributed by atoms with Crippen LogP contribution in [0, 0.1) is 5.82 Å². The van der Waals surface area contributed by atoms with Crippen LogP contribution in [0.2, 0.25) is 0 Å². The van der Waals surface area contributed by atoms with Crippen LogP contribution < -0.4 is 0 Å². The maximum atomic E-state index is 13.2. The van der Waals surface area contributed by atoms with Gasteiger partial charge >= 0.3 is 5.97 Å². The van der Waals surface area contributed by atoms with Gasteiger partial charge < -0.3 is 9.84 Å². The Morgan fingerprint density at radius 1 is 1.36 bits per heavy atom. The molecule has 0 bridgehead atoms. The van der Waals surface area contributed by atoms with E-state index in [2.05, 4.69) is 15.3 Å². The van der Waals surface area contributed by atoms with E-state index in [0.29, 0.717) is 28.9 Å². The van der Waals surface area contributed by atoms with Gasteiger partial charge in [-0.25, -0.2) is 4.39 Å². The number of benzene rings is 1. The Bertz CT molecular complexity index is 830. The molecule has 130 valence electrons. The van der Waals surface area contributed by atoms with Crippen LogP contribution in [0.1, 0.15) is 36.8 Å². The van der Waals surface area contributed by atoms with Crippen LogP contribution in [0.3, 0.4) is 0 Å². The molecule has 4 rings (SSSR count). The van der Waals surface area contributed by atoms with Crippen LogP contribution in [0.15, 0.2) is 34.5 Å². The number of fused-ring (bicyclic) bond motifs is 1. The van der Waals surface area contributed by atoms with E-state index in [1.54, 1.807) is 16.8 Å². The zero-order valence-corrected chi connectivity index (χ0v) is 13.9. The topological polar surface area (TPSA) is 89.6 Å². The van der Waals surface area contributed by atoms with Gasteiger partial charge in [-0.05, 0) is 30.5 Å². The zero-order chi connectivity index (χ0) is 17.4. The predicted octanol–water partition coefficient (Wildman–Crippen LogP) is 2.47. The molecule has 1 saturated heterocycles. The second-order valence-corrected chi connectivity index (χ2v) is 7.02. The van der Waals surface area contributed by atoms with Gasteiger partial charge in [-0.3, -0.25) is 4.79 Å². The minimum absolute atomic E-state index is 0.108. The Morgan fingerprint density at radius 2 is 2.16 bits per heavy atom. The van der Waals surface area contributed by atoms with Crippen LogP contribution >= 0.6 is 11.8 Å². The molecule has 0 saturated carbocycles. The molecule has 2 aliphatic rings. The van der Waals surface area contributed by atoms with Crippen LogP contribution in [0.4, 0.5) is 4.39 Å². The summed E-state index contributed by atoms with van der Waals surface area (Å²) in [6, 6.07) is 5.88. The number of halogens is 1. The first-order chi connectivity index (χ1) is 12.1. The minimum Gasteiger partial charge on any atom is -0.481 e. The van der Waals surface area contributed by atoms with Crippen LogP contribution in [-0.4, -0.2) is 43.5 Å². The second kappa shape index (κ2) is 6.57. The van der Waals surface area contributed by atoms with Crippen molar-refractivity contribution in [2.45, 2.75) is 35.8 Å². The number of nitrogens with zero attached hydrogens (tertiary/aromatic N) is 4. The Kier molecular flexibility index (Phi) is 4.26. The van der Waals surface area contributed by atoms with E-state index >= 15 is 0 Å². The molecule has 0 unspecified atom stereocenters. The average Bonchev–Trinajstić information content (AvgIpc) is 3.23. The largest absolute Gasteiger partial charge is 0.481 e. The van der Waals surface area contributed by atoms with Crippen molar-refractivity contribution in [3.05, 3.63) is 41.5 Å². The number of ether oxygens (including phenoxy) is 1. The van der Waals surface area contributed by atoms with Gasteiger partial charge in [0.1, 0.15) is 11.9 Å².